The fourth-order valence-electron chi connectivity index (χ4n) is 1.52. The first-order valence-corrected chi connectivity index (χ1v) is 7.09. The molecule has 7 heteroatoms. The van der Waals surface area contributed by atoms with Crippen LogP contribution < -0.4 is 5.32 Å². The highest BCUT2D eigenvalue weighted by Gasteiger charge is 2.15. The third-order valence-corrected chi connectivity index (χ3v) is 3.86. The molecule has 0 aliphatic heterocycles. The molecule has 2 aromatic rings. The maximum Gasteiger partial charge on any atom is 0.317 e. The van der Waals surface area contributed by atoms with Crippen LogP contribution in [0.15, 0.2) is 28.2 Å². The van der Waals surface area contributed by atoms with Crippen molar-refractivity contribution in [3.05, 3.63) is 29.5 Å². The molecule has 0 saturated carbocycles. The highest BCUT2D eigenvalue weighted by Crippen LogP contribution is 2.23. The van der Waals surface area contributed by atoms with Gasteiger partial charge < -0.3 is 19.7 Å². The van der Waals surface area contributed by atoms with Gasteiger partial charge in [-0.3, -0.25) is 0 Å². The van der Waals surface area contributed by atoms with Crippen LogP contribution in [0, 0.1) is 0 Å². The summed E-state index contributed by atoms with van der Waals surface area (Å²) in [6.45, 7) is 2.05. The number of likely N-dealkylation sites (N-methyl/N-ethyl adjacent to an activating group) is 1. The Labute approximate surface area is 121 Å². The number of aliphatic hydroxyl groups excluding tert-OH is 1. The number of aromatic nitrogens is 1. The summed E-state index contributed by atoms with van der Waals surface area (Å²) in [6.07, 6.45) is 1.60. The van der Waals surface area contributed by atoms with Gasteiger partial charge in [-0.15, -0.1) is 11.3 Å². The Morgan fingerprint density at radius 3 is 3.10 bits per heavy atom. The Bertz CT molecular complexity index is 553. The lowest BCUT2D eigenvalue weighted by atomic mass is 10.3. The van der Waals surface area contributed by atoms with Gasteiger partial charge in [-0.2, -0.15) is 0 Å². The van der Waals surface area contributed by atoms with E-state index in [1.807, 2.05) is 17.5 Å². The van der Waals surface area contributed by atoms with Gasteiger partial charge >= 0.3 is 6.03 Å². The minimum atomic E-state index is -0.237. The Morgan fingerprint density at radius 1 is 1.65 bits per heavy atom. The second-order valence-corrected chi connectivity index (χ2v) is 5.28. The molecule has 2 rings (SSSR count). The lowest BCUT2D eigenvalue weighted by molar-refractivity contribution is 0.157. The normalized spacial score (nSPS) is 12.2. The van der Waals surface area contributed by atoms with Crippen LogP contribution in [0.3, 0.4) is 0 Å². The van der Waals surface area contributed by atoms with Crippen molar-refractivity contribution in [3.8, 4) is 10.8 Å². The summed E-state index contributed by atoms with van der Waals surface area (Å²) in [4.78, 5) is 17.7. The van der Waals surface area contributed by atoms with Crippen LogP contribution in [0.1, 0.15) is 12.6 Å². The topological polar surface area (TPSA) is 78.6 Å². The number of hydrogen-bond donors (Lipinski definition) is 2. The van der Waals surface area contributed by atoms with Gasteiger partial charge in [0.05, 0.1) is 31.2 Å². The number of hydrogen-bond acceptors (Lipinski definition) is 5. The van der Waals surface area contributed by atoms with E-state index in [1.165, 1.54) is 16.2 Å². The molecule has 2 heterocycles. The fourth-order valence-corrected chi connectivity index (χ4v) is 2.30. The molecule has 0 fully saturated rings. The van der Waals surface area contributed by atoms with Crippen LogP contribution in [0.25, 0.3) is 10.8 Å². The minimum absolute atomic E-state index is 0.0662. The van der Waals surface area contributed by atoms with Crippen molar-refractivity contribution in [1.29, 1.82) is 0 Å². The van der Waals surface area contributed by atoms with E-state index in [9.17, 15) is 4.79 Å². The molecule has 0 spiro atoms. The van der Waals surface area contributed by atoms with Gasteiger partial charge in [0.15, 0.2) is 10.8 Å². The van der Waals surface area contributed by atoms with E-state index in [0.717, 1.165) is 16.5 Å². The summed E-state index contributed by atoms with van der Waals surface area (Å²) in [6, 6.07) is 3.20. The van der Waals surface area contributed by atoms with Crippen LogP contribution >= 0.6 is 11.3 Å². The summed E-state index contributed by atoms with van der Waals surface area (Å²) in [7, 11) is 1.64. The van der Waals surface area contributed by atoms with Gasteiger partial charge in [0.1, 0.15) is 0 Å². The number of amides is 2. The van der Waals surface area contributed by atoms with E-state index in [2.05, 4.69) is 10.3 Å². The van der Waals surface area contributed by atoms with E-state index in [1.54, 1.807) is 20.2 Å². The average molecular weight is 295 g/mol. The van der Waals surface area contributed by atoms with Gasteiger partial charge in [-0.25, -0.2) is 9.78 Å². The number of nitrogens with zero attached hydrogens (tertiary/aromatic N) is 2. The first-order valence-electron chi connectivity index (χ1n) is 6.21. The molecule has 1 unspecified atom stereocenters. The number of rotatable bonds is 5. The Kier molecular flexibility index (Phi) is 4.75. The van der Waals surface area contributed by atoms with Gasteiger partial charge in [0.25, 0.3) is 0 Å². The van der Waals surface area contributed by atoms with Crippen molar-refractivity contribution < 1.29 is 14.3 Å². The second kappa shape index (κ2) is 6.53. The average Bonchev–Trinajstić information content (AvgIpc) is 3.13. The van der Waals surface area contributed by atoms with E-state index in [4.69, 9.17) is 9.52 Å². The molecule has 0 aliphatic rings. The summed E-state index contributed by atoms with van der Waals surface area (Å²) in [5, 5.41) is 14.4. The Hall–Kier alpha value is -1.86. The number of carbonyl (C=O) groups is 1. The van der Waals surface area contributed by atoms with Crippen molar-refractivity contribution in [3.63, 3.8) is 0 Å². The smallest absolute Gasteiger partial charge is 0.317 e. The molecule has 0 aliphatic carbocycles. The zero-order valence-electron chi connectivity index (χ0n) is 11.4. The van der Waals surface area contributed by atoms with Crippen LogP contribution in [0.5, 0.6) is 0 Å². The lowest BCUT2D eigenvalue weighted by Gasteiger charge is -2.23. The van der Waals surface area contributed by atoms with E-state index >= 15 is 0 Å². The molecule has 6 nitrogen and oxygen atoms in total. The van der Waals surface area contributed by atoms with Gasteiger partial charge in [0, 0.05) is 12.4 Å². The molecule has 2 aromatic heterocycles. The monoisotopic (exact) mass is 295 g/mol. The molecule has 0 aromatic carbocycles. The Balaban J connectivity index is 1.90. The van der Waals surface area contributed by atoms with Crippen LogP contribution in [0.4, 0.5) is 4.79 Å². The molecule has 1 atom stereocenters. The highest BCUT2D eigenvalue weighted by molar-refractivity contribution is 7.13. The van der Waals surface area contributed by atoms with Gasteiger partial charge in [0.2, 0.25) is 0 Å². The third-order valence-electron chi connectivity index (χ3n) is 2.95. The van der Waals surface area contributed by atoms with E-state index in [-0.39, 0.29) is 18.7 Å². The third kappa shape index (κ3) is 3.37. The van der Waals surface area contributed by atoms with Crippen LogP contribution in [0.2, 0.25) is 0 Å². The lowest BCUT2D eigenvalue weighted by Crippen LogP contribution is -2.43. The summed E-state index contributed by atoms with van der Waals surface area (Å²) >= 11 is 1.47. The summed E-state index contributed by atoms with van der Waals surface area (Å²) in [5.41, 5.74) is 0.778. The number of thiazole rings is 1. The standard InChI is InChI=1S/C13H17N3O3S/c1-9(7-17)16(2)13(18)14-6-10-8-20-12(15-10)11-4-3-5-19-11/h3-5,8-9,17H,6-7H2,1-2H3,(H,14,18). The molecule has 2 N–H and O–H groups in total. The first kappa shape index (κ1) is 14.5. The molecular formula is C13H17N3O3S. The quantitative estimate of drug-likeness (QED) is 0.883. The number of urea groups is 1. The fraction of sp³-hybridized carbons (Fsp3) is 0.385. The van der Waals surface area contributed by atoms with Crippen LogP contribution in [-0.4, -0.2) is 40.7 Å². The van der Waals surface area contributed by atoms with Crippen LogP contribution in [-0.2, 0) is 6.54 Å². The first-order chi connectivity index (χ1) is 9.61. The predicted octanol–water partition coefficient (Wildman–Crippen LogP) is 1.93. The zero-order valence-corrected chi connectivity index (χ0v) is 12.2. The number of aliphatic hydroxyl groups is 1. The largest absolute Gasteiger partial charge is 0.462 e. The maximum atomic E-state index is 11.8. The van der Waals surface area contributed by atoms with Crippen molar-refractivity contribution in [2.24, 2.45) is 0 Å². The summed E-state index contributed by atoms with van der Waals surface area (Å²) in [5.74, 6) is 0.721. The number of nitrogens with one attached hydrogen (secondary N) is 1. The molecule has 0 saturated heterocycles. The van der Waals surface area contributed by atoms with Crippen molar-refractivity contribution >= 4 is 17.4 Å². The molecule has 0 bridgehead atoms. The highest BCUT2D eigenvalue weighted by atomic mass is 32.1. The number of carbonyl (C=O) groups excluding carboxylic acids is 1. The number of furan rings is 1. The molecular weight excluding hydrogens is 278 g/mol. The van der Waals surface area contributed by atoms with Gasteiger partial charge in [-0.05, 0) is 19.1 Å². The second-order valence-electron chi connectivity index (χ2n) is 4.42. The summed E-state index contributed by atoms with van der Waals surface area (Å²) < 4.78 is 5.27. The molecule has 108 valence electrons. The minimum Gasteiger partial charge on any atom is -0.462 e. The zero-order chi connectivity index (χ0) is 14.5. The molecule has 0 radical (unpaired) electrons. The maximum absolute atomic E-state index is 11.8. The predicted molar refractivity (Wildman–Crippen MR) is 76.4 cm³/mol. The SMILES string of the molecule is CC(CO)N(C)C(=O)NCc1csc(-c2ccco2)n1. The van der Waals surface area contributed by atoms with E-state index < -0.39 is 0 Å². The van der Waals surface area contributed by atoms with Crippen molar-refractivity contribution in [2.45, 2.75) is 19.5 Å². The Morgan fingerprint density at radius 2 is 2.45 bits per heavy atom. The van der Waals surface area contributed by atoms with E-state index in [0.29, 0.717) is 6.54 Å². The van der Waals surface area contributed by atoms with Gasteiger partial charge in [-0.1, -0.05) is 0 Å². The molecule has 2 amide bonds. The van der Waals surface area contributed by atoms with Crippen molar-refractivity contribution in [2.75, 3.05) is 13.7 Å². The van der Waals surface area contributed by atoms with Crippen molar-refractivity contribution in [1.82, 2.24) is 15.2 Å². The molecule has 20 heavy (non-hydrogen) atoms.